The lowest BCUT2D eigenvalue weighted by Gasteiger charge is -2.46. The van der Waals surface area contributed by atoms with E-state index in [4.69, 9.17) is 0 Å². The molecular formula is C14H27NO2. The number of carbonyl (C=O) groups is 1. The molecule has 1 heterocycles. The van der Waals surface area contributed by atoms with E-state index in [-0.39, 0.29) is 12.0 Å². The van der Waals surface area contributed by atoms with Gasteiger partial charge in [-0.2, -0.15) is 0 Å². The number of nitrogens with zero attached hydrogens (tertiary/aromatic N) is 1. The smallest absolute Gasteiger partial charge is 0.223 e. The summed E-state index contributed by atoms with van der Waals surface area (Å²) < 4.78 is 0. The summed E-state index contributed by atoms with van der Waals surface area (Å²) in [7, 11) is 0. The molecule has 0 aromatic rings. The fraction of sp³-hybridized carbons (Fsp3) is 0.929. The molecule has 1 N–H and O–H groups in total. The molecule has 1 atom stereocenters. The number of amides is 1. The molecule has 1 fully saturated rings. The number of piperidine rings is 1. The molecule has 0 aliphatic carbocycles. The molecule has 0 aromatic heterocycles. The molecule has 0 radical (unpaired) electrons. The van der Waals surface area contributed by atoms with Gasteiger partial charge in [-0.25, -0.2) is 0 Å². The predicted octanol–water partition coefficient (Wildman–Crippen LogP) is 2.57. The molecule has 1 unspecified atom stereocenters. The maximum atomic E-state index is 12.2. The van der Waals surface area contributed by atoms with Gasteiger partial charge in [0.2, 0.25) is 5.91 Å². The number of aliphatic hydroxyl groups excluding tert-OH is 1. The second-order valence-corrected chi connectivity index (χ2v) is 6.14. The molecule has 1 saturated heterocycles. The monoisotopic (exact) mass is 241 g/mol. The molecule has 0 aromatic carbocycles. The highest BCUT2D eigenvalue weighted by molar-refractivity contribution is 5.77. The zero-order valence-electron chi connectivity index (χ0n) is 11.7. The van der Waals surface area contributed by atoms with Gasteiger partial charge in [0, 0.05) is 13.0 Å². The van der Waals surface area contributed by atoms with Crippen molar-refractivity contribution >= 4 is 5.91 Å². The first kappa shape index (κ1) is 14.5. The Labute approximate surface area is 105 Å². The Bertz CT molecular complexity index is 261. The van der Waals surface area contributed by atoms with E-state index in [0.29, 0.717) is 12.3 Å². The van der Waals surface area contributed by atoms with Crippen LogP contribution in [0.2, 0.25) is 0 Å². The third-order valence-corrected chi connectivity index (χ3v) is 3.84. The van der Waals surface area contributed by atoms with E-state index in [1.54, 1.807) is 0 Å². The maximum Gasteiger partial charge on any atom is 0.223 e. The first-order valence-corrected chi connectivity index (χ1v) is 6.84. The van der Waals surface area contributed by atoms with Crippen LogP contribution in [0, 0.1) is 5.92 Å². The number of hydrogen-bond donors (Lipinski definition) is 1. The predicted molar refractivity (Wildman–Crippen MR) is 69.7 cm³/mol. The quantitative estimate of drug-likeness (QED) is 0.822. The zero-order valence-corrected chi connectivity index (χ0v) is 11.7. The summed E-state index contributed by atoms with van der Waals surface area (Å²) in [6.07, 6.45) is 4.02. The molecular weight excluding hydrogens is 214 g/mol. The summed E-state index contributed by atoms with van der Waals surface area (Å²) in [5.74, 6) is 0.858. The molecule has 0 spiro atoms. The minimum Gasteiger partial charge on any atom is -0.391 e. The van der Waals surface area contributed by atoms with E-state index in [9.17, 15) is 9.90 Å². The van der Waals surface area contributed by atoms with E-state index >= 15 is 0 Å². The van der Waals surface area contributed by atoms with Gasteiger partial charge in [-0.05, 0) is 39.0 Å². The van der Waals surface area contributed by atoms with Crippen LogP contribution in [0.15, 0.2) is 0 Å². The number of hydrogen-bond acceptors (Lipinski definition) is 2. The van der Waals surface area contributed by atoms with Crippen LogP contribution >= 0.6 is 0 Å². The van der Waals surface area contributed by atoms with Crippen molar-refractivity contribution in [2.45, 2.75) is 71.4 Å². The fourth-order valence-corrected chi connectivity index (χ4v) is 2.51. The second-order valence-electron chi connectivity index (χ2n) is 6.14. The fourth-order valence-electron chi connectivity index (χ4n) is 2.51. The van der Waals surface area contributed by atoms with Crippen LogP contribution in [-0.2, 0) is 4.79 Å². The van der Waals surface area contributed by atoms with Crippen molar-refractivity contribution in [1.29, 1.82) is 0 Å². The Morgan fingerprint density at radius 3 is 2.71 bits per heavy atom. The van der Waals surface area contributed by atoms with Crippen molar-refractivity contribution < 1.29 is 9.90 Å². The normalized spacial score (nSPS) is 24.1. The van der Waals surface area contributed by atoms with Gasteiger partial charge in [0.15, 0.2) is 0 Å². The molecule has 17 heavy (non-hydrogen) atoms. The SMILES string of the molecule is CC(C)CCCC(=O)N1CCCC(O)C1(C)C. The first-order chi connectivity index (χ1) is 7.85. The second kappa shape index (κ2) is 5.85. The van der Waals surface area contributed by atoms with Crippen molar-refractivity contribution in [3.05, 3.63) is 0 Å². The van der Waals surface area contributed by atoms with Crippen molar-refractivity contribution in [3.63, 3.8) is 0 Å². The van der Waals surface area contributed by atoms with Crippen molar-refractivity contribution in [1.82, 2.24) is 4.90 Å². The molecule has 1 aliphatic heterocycles. The van der Waals surface area contributed by atoms with Crippen LogP contribution in [0.3, 0.4) is 0 Å². The van der Waals surface area contributed by atoms with E-state index in [1.165, 1.54) is 0 Å². The van der Waals surface area contributed by atoms with E-state index < -0.39 is 5.54 Å². The van der Waals surface area contributed by atoms with Gasteiger partial charge in [0.05, 0.1) is 11.6 Å². The molecule has 0 bridgehead atoms. The summed E-state index contributed by atoms with van der Waals surface area (Å²) in [6.45, 7) is 9.09. The zero-order chi connectivity index (χ0) is 13.1. The van der Waals surface area contributed by atoms with Gasteiger partial charge in [0.1, 0.15) is 0 Å². The van der Waals surface area contributed by atoms with Gasteiger partial charge in [-0.1, -0.05) is 20.3 Å². The van der Waals surface area contributed by atoms with Crippen LogP contribution < -0.4 is 0 Å². The van der Waals surface area contributed by atoms with Crippen LogP contribution in [0.5, 0.6) is 0 Å². The van der Waals surface area contributed by atoms with Crippen LogP contribution in [0.4, 0.5) is 0 Å². The molecule has 1 aliphatic rings. The summed E-state index contributed by atoms with van der Waals surface area (Å²) >= 11 is 0. The third-order valence-electron chi connectivity index (χ3n) is 3.84. The number of carbonyl (C=O) groups excluding carboxylic acids is 1. The third kappa shape index (κ3) is 3.70. The average Bonchev–Trinajstić information content (AvgIpc) is 2.21. The molecule has 3 heteroatoms. The maximum absolute atomic E-state index is 12.2. The Kier molecular flexibility index (Phi) is 4.99. The lowest BCUT2D eigenvalue weighted by molar-refractivity contribution is -0.145. The molecule has 3 nitrogen and oxygen atoms in total. The van der Waals surface area contributed by atoms with Gasteiger partial charge in [-0.15, -0.1) is 0 Å². The van der Waals surface area contributed by atoms with Gasteiger partial charge < -0.3 is 10.0 Å². The average molecular weight is 241 g/mol. The van der Waals surface area contributed by atoms with Crippen LogP contribution in [0.25, 0.3) is 0 Å². The highest BCUT2D eigenvalue weighted by atomic mass is 16.3. The molecule has 1 rings (SSSR count). The van der Waals surface area contributed by atoms with E-state index in [0.717, 1.165) is 32.2 Å². The van der Waals surface area contributed by atoms with E-state index in [2.05, 4.69) is 13.8 Å². The van der Waals surface area contributed by atoms with Gasteiger partial charge in [-0.3, -0.25) is 4.79 Å². The van der Waals surface area contributed by atoms with Gasteiger partial charge >= 0.3 is 0 Å². The van der Waals surface area contributed by atoms with E-state index in [1.807, 2.05) is 18.7 Å². The van der Waals surface area contributed by atoms with Crippen molar-refractivity contribution in [3.8, 4) is 0 Å². The molecule has 0 saturated carbocycles. The van der Waals surface area contributed by atoms with Crippen molar-refractivity contribution in [2.75, 3.05) is 6.54 Å². The minimum atomic E-state index is -0.396. The Morgan fingerprint density at radius 1 is 1.47 bits per heavy atom. The lowest BCUT2D eigenvalue weighted by Crippen LogP contribution is -2.58. The largest absolute Gasteiger partial charge is 0.391 e. The number of likely N-dealkylation sites (tertiary alicyclic amines) is 1. The first-order valence-electron chi connectivity index (χ1n) is 6.84. The standard InChI is InChI=1S/C14H27NO2/c1-11(2)7-5-9-13(17)15-10-6-8-12(16)14(15,3)4/h11-12,16H,5-10H2,1-4H3. The summed E-state index contributed by atoms with van der Waals surface area (Å²) in [4.78, 5) is 14.0. The molecule has 100 valence electrons. The summed E-state index contributed by atoms with van der Waals surface area (Å²) in [5, 5.41) is 9.98. The molecule has 1 amide bonds. The lowest BCUT2D eigenvalue weighted by atomic mass is 9.87. The van der Waals surface area contributed by atoms with Crippen LogP contribution in [0.1, 0.15) is 59.8 Å². The Hall–Kier alpha value is -0.570. The Balaban J connectivity index is 2.50. The van der Waals surface area contributed by atoms with Crippen molar-refractivity contribution in [2.24, 2.45) is 5.92 Å². The minimum absolute atomic E-state index is 0.203. The highest BCUT2D eigenvalue weighted by Gasteiger charge is 2.39. The topological polar surface area (TPSA) is 40.5 Å². The number of rotatable bonds is 4. The summed E-state index contributed by atoms with van der Waals surface area (Å²) in [5.41, 5.74) is -0.396. The summed E-state index contributed by atoms with van der Waals surface area (Å²) in [6, 6.07) is 0. The van der Waals surface area contributed by atoms with Gasteiger partial charge in [0.25, 0.3) is 0 Å². The Morgan fingerprint density at radius 2 is 2.12 bits per heavy atom. The van der Waals surface area contributed by atoms with Crippen LogP contribution in [-0.4, -0.2) is 34.1 Å². The number of aliphatic hydroxyl groups is 1. The highest BCUT2D eigenvalue weighted by Crippen LogP contribution is 2.28.